The van der Waals surface area contributed by atoms with Gasteiger partial charge in [-0.05, 0) is 36.1 Å². The van der Waals surface area contributed by atoms with Gasteiger partial charge in [0.15, 0.2) is 17.8 Å². The van der Waals surface area contributed by atoms with Crippen LogP contribution >= 0.6 is 15.9 Å². The molecule has 1 aromatic carbocycles. The first-order valence-electron chi connectivity index (χ1n) is 4.91. The Kier molecular flexibility index (Phi) is 3.01. The summed E-state index contributed by atoms with van der Waals surface area (Å²) in [5.41, 5.74) is 2.45. The summed E-state index contributed by atoms with van der Waals surface area (Å²) >= 11 is 3.39. The van der Waals surface area contributed by atoms with Crippen LogP contribution in [0.15, 0.2) is 16.6 Å². The molecular weight excluding hydrogens is 272 g/mol. The van der Waals surface area contributed by atoms with Crippen molar-refractivity contribution in [1.82, 2.24) is 0 Å². The van der Waals surface area contributed by atoms with Crippen molar-refractivity contribution in [1.29, 1.82) is 0 Å². The summed E-state index contributed by atoms with van der Waals surface area (Å²) in [4.78, 5) is 11.0. The second-order valence-corrected chi connectivity index (χ2v) is 4.57. The average Bonchev–Trinajstić information content (AvgIpc) is 2.28. The largest absolute Gasteiger partial charge is 0.504 e. The monoisotopic (exact) mass is 282 g/mol. The minimum Gasteiger partial charge on any atom is -0.504 e. The van der Waals surface area contributed by atoms with E-state index in [4.69, 9.17) is 4.74 Å². The van der Waals surface area contributed by atoms with Crippen molar-refractivity contribution in [2.45, 2.75) is 12.8 Å². The number of aldehydes is 1. The molecule has 1 aliphatic rings. The molecule has 1 aromatic rings. The molecule has 0 aromatic heterocycles. The molecule has 2 rings (SSSR count). The Labute approximate surface area is 102 Å². The number of aryl methyl sites for hydroxylation is 1. The lowest BCUT2D eigenvalue weighted by atomic mass is 9.91. The number of ether oxygens (including phenoxy) is 1. The summed E-state index contributed by atoms with van der Waals surface area (Å²) in [5.74, 6) is 0.504. The van der Waals surface area contributed by atoms with E-state index >= 15 is 0 Å². The Bertz CT molecular complexity index is 477. The molecule has 0 spiro atoms. The standard InChI is InChI=1S/C12H11BrO3/c1-16-12-5-8-7(4-11(12)15)2-3-10(13)9(8)6-14/h4-6,15H,2-3H2,1H3. The Hall–Kier alpha value is -1.29. The molecule has 1 aliphatic carbocycles. The second kappa shape index (κ2) is 4.29. The SMILES string of the molecule is COc1cc2c(cc1O)CCC(Br)=C2C=O. The highest BCUT2D eigenvalue weighted by atomic mass is 79.9. The molecule has 0 heterocycles. The first-order valence-corrected chi connectivity index (χ1v) is 5.70. The van der Waals surface area contributed by atoms with Gasteiger partial charge < -0.3 is 9.84 Å². The lowest BCUT2D eigenvalue weighted by Crippen LogP contribution is -2.04. The summed E-state index contributed by atoms with van der Waals surface area (Å²) < 4.78 is 5.94. The van der Waals surface area contributed by atoms with Crippen molar-refractivity contribution in [2.75, 3.05) is 7.11 Å². The Balaban J connectivity index is 2.63. The zero-order valence-corrected chi connectivity index (χ0v) is 10.4. The maximum Gasteiger partial charge on any atom is 0.161 e. The van der Waals surface area contributed by atoms with E-state index in [0.29, 0.717) is 11.3 Å². The van der Waals surface area contributed by atoms with E-state index in [0.717, 1.165) is 34.7 Å². The molecule has 4 heteroatoms. The normalized spacial score (nSPS) is 14.6. The van der Waals surface area contributed by atoms with Gasteiger partial charge in [-0.3, -0.25) is 4.79 Å². The van der Waals surface area contributed by atoms with Gasteiger partial charge in [0.05, 0.1) is 7.11 Å². The highest BCUT2D eigenvalue weighted by Crippen LogP contribution is 2.39. The number of allylic oxidation sites excluding steroid dienone is 2. The number of rotatable bonds is 2. The fourth-order valence-corrected chi connectivity index (χ4v) is 2.39. The zero-order chi connectivity index (χ0) is 11.7. The predicted octanol–water partition coefficient (Wildman–Crippen LogP) is 2.65. The summed E-state index contributed by atoms with van der Waals surface area (Å²) in [5, 5.41) is 9.65. The quantitative estimate of drug-likeness (QED) is 0.849. The van der Waals surface area contributed by atoms with Gasteiger partial charge in [-0.25, -0.2) is 0 Å². The molecule has 0 unspecified atom stereocenters. The molecule has 1 N–H and O–H groups in total. The number of aromatic hydroxyl groups is 1. The average molecular weight is 283 g/mol. The highest BCUT2D eigenvalue weighted by Gasteiger charge is 2.19. The van der Waals surface area contributed by atoms with Gasteiger partial charge >= 0.3 is 0 Å². The van der Waals surface area contributed by atoms with Gasteiger partial charge in [0, 0.05) is 10.1 Å². The molecule has 0 radical (unpaired) electrons. The van der Waals surface area contributed by atoms with Crippen LogP contribution < -0.4 is 4.74 Å². The van der Waals surface area contributed by atoms with Crippen LogP contribution in [0.25, 0.3) is 5.57 Å². The molecule has 0 bridgehead atoms. The third kappa shape index (κ3) is 1.73. The maximum absolute atomic E-state index is 11.0. The lowest BCUT2D eigenvalue weighted by molar-refractivity contribution is -0.103. The van der Waals surface area contributed by atoms with Gasteiger partial charge in [0.2, 0.25) is 0 Å². The number of hydrogen-bond acceptors (Lipinski definition) is 3. The van der Waals surface area contributed by atoms with Gasteiger partial charge in [0.1, 0.15) is 0 Å². The maximum atomic E-state index is 11.0. The van der Waals surface area contributed by atoms with Crippen molar-refractivity contribution < 1.29 is 14.6 Å². The minimum atomic E-state index is 0.115. The lowest BCUT2D eigenvalue weighted by Gasteiger charge is -2.18. The summed E-state index contributed by atoms with van der Waals surface area (Å²) in [7, 11) is 1.49. The second-order valence-electron chi connectivity index (χ2n) is 3.62. The molecule has 84 valence electrons. The van der Waals surface area contributed by atoms with Crippen LogP contribution in [0.4, 0.5) is 0 Å². The fraction of sp³-hybridized carbons (Fsp3) is 0.250. The Morgan fingerprint density at radius 2 is 2.19 bits per heavy atom. The molecule has 0 aliphatic heterocycles. The van der Waals surface area contributed by atoms with Crippen molar-refractivity contribution in [3.05, 3.63) is 27.7 Å². The highest BCUT2D eigenvalue weighted by molar-refractivity contribution is 9.11. The summed E-state index contributed by atoms with van der Waals surface area (Å²) in [6, 6.07) is 3.37. The van der Waals surface area contributed by atoms with E-state index in [1.807, 2.05) is 0 Å². The number of benzene rings is 1. The van der Waals surface area contributed by atoms with Crippen molar-refractivity contribution in [3.63, 3.8) is 0 Å². The van der Waals surface area contributed by atoms with Crippen molar-refractivity contribution >= 4 is 27.8 Å². The van der Waals surface area contributed by atoms with E-state index in [1.54, 1.807) is 12.1 Å². The smallest absolute Gasteiger partial charge is 0.161 e. The Morgan fingerprint density at radius 3 is 2.81 bits per heavy atom. The van der Waals surface area contributed by atoms with Crippen molar-refractivity contribution in [3.8, 4) is 11.5 Å². The number of phenolic OH excluding ortho intramolecular Hbond substituents is 1. The molecule has 0 fully saturated rings. The molecule has 0 amide bonds. The number of methoxy groups -OCH3 is 1. The first kappa shape index (κ1) is 11.2. The van der Waals surface area contributed by atoms with Crippen LogP contribution in [0.3, 0.4) is 0 Å². The van der Waals surface area contributed by atoms with Gasteiger partial charge in [-0.1, -0.05) is 15.9 Å². The predicted molar refractivity (Wildman–Crippen MR) is 64.9 cm³/mol. The van der Waals surface area contributed by atoms with Gasteiger partial charge in [0.25, 0.3) is 0 Å². The topological polar surface area (TPSA) is 46.5 Å². The van der Waals surface area contributed by atoms with Crippen LogP contribution in [0, 0.1) is 0 Å². The third-order valence-electron chi connectivity index (χ3n) is 2.72. The zero-order valence-electron chi connectivity index (χ0n) is 8.79. The summed E-state index contributed by atoms with van der Waals surface area (Å²) in [6.07, 6.45) is 2.43. The molecule has 3 nitrogen and oxygen atoms in total. The molecule has 16 heavy (non-hydrogen) atoms. The fourth-order valence-electron chi connectivity index (χ4n) is 1.89. The van der Waals surface area contributed by atoms with Crippen LogP contribution in [0.5, 0.6) is 11.5 Å². The van der Waals surface area contributed by atoms with E-state index in [1.165, 1.54) is 7.11 Å². The number of fused-ring (bicyclic) bond motifs is 1. The van der Waals surface area contributed by atoms with Crippen LogP contribution in [0.1, 0.15) is 17.5 Å². The number of halogens is 1. The Morgan fingerprint density at radius 1 is 1.44 bits per heavy atom. The number of phenols is 1. The molecular formula is C12H11BrO3. The van der Waals surface area contributed by atoms with Crippen LogP contribution in [0.2, 0.25) is 0 Å². The third-order valence-corrected chi connectivity index (χ3v) is 3.54. The van der Waals surface area contributed by atoms with Crippen LogP contribution in [-0.4, -0.2) is 18.5 Å². The summed E-state index contributed by atoms with van der Waals surface area (Å²) in [6.45, 7) is 0. The van der Waals surface area contributed by atoms with Crippen molar-refractivity contribution in [2.24, 2.45) is 0 Å². The van der Waals surface area contributed by atoms with Crippen LogP contribution in [-0.2, 0) is 11.2 Å². The minimum absolute atomic E-state index is 0.115. The van der Waals surface area contributed by atoms with E-state index < -0.39 is 0 Å². The van der Waals surface area contributed by atoms with Gasteiger partial charge in [-0.15, -0.1) is 0 Å². The number of carbonyl (C=O) groups excluding carboxylic acids is 1. The molecule has 0 atom stereocenters. The number of hydrogen-bond donors (Lipinski definition) is 1. The van der Waals surface area contributed by atoms with E-state index in [9.17, 15) is 9.90 Å². The molecule has 0 saturated heterocycles. The molecule has 0 saturated carbocycles. The number of carbonyl (C=O) groups is 1. The first-order chi connectivity index (χ1) is 7.67. The van der Waals surface area contributed by atoms with Gasteiger partial charge in [-0.2, -0.15) is 0 Å². The van der Waals surface area contributed by atoms with E-state index in [2.05, 4.69) is 15.9 Å². The van der Waals surface area contributed by atoms with E-state index in [-0.39, 0.29) is 5.75 Å².